The van der Waals surface area contributed by atoms with Crippen LogP contribution in [-0.2, 0) is 4.79 Å². The number of aromatic nitrogens is 2. The smallest absolute Gasteiger partial charge is 0.266 e. The number of carbonyl (C=O) groups is 1. The number of hydrogen-bond acceptors (Lipinski definition) is 5. The predicted octanol–water partition coefficient (Wildman–Crippen LogP) is 4.90. The summed E-state index contributed by atoms with van der Waals surface area (Å²) in [6, 6.07) is 14.6. The van der Waals surface area contributed by atoms with E-state index in [0.29, 0.717) is 27.5 Å². The van der Waals surface area contributed by atoms with Crippen molar-refractivity contribution in [3.63, 3.8) is 0 Å². The first-order chi connectivity index (χ1) is 16.6. The molecule has 0 spiro atoms. The number of para-hydroxylation sites is 1. The molecule has 1 aromatic heterocycles. The van der Waals surface area contributed by atoms with Gasteiger partial charge in [0, 0.05) is 30.3 Å². The second kappa shape index (κ2) is 12.4. The number of carbonyl (C=O) groups excluding carboxylic acids is 1. The Hall–Kier alpha value is -2.35. The largest absolute Gasteiger partial charge is 0.355 e. The van der Waals surface area contributed by atoms with E-state index >= 15 is 0 Å². The third kappa shape index (κ3) is 6.62. The monoisotopic (exact) mass is 498 g/mol. The number of unbranched alkanes of at least 4 members (excludes halogenated alkanes) is 1. The van der Waals surface area contributed by atoms with Gasteiger partial charge < -0.3 is 10.2 Å². The lowest BCUT2D eigenvalue weighted by Gasteiger charge is -2.26. The summed E-state index contributed by atoms with van der Waals surface area (Å²) in [5, 5.41) is 4.90. The fraction of sp³-hybridized carbons (Fsp3) is 0.423. The van der Waals surface area contributed by atoms with Crippen LogP contribution in [0.15, 0.2) is 58.5 Å². The van der Waals surface area contributed by atoms with Crippen molar-refractivity contribution >= 4 is 40.2 Å². The molecular weight excluding hydrogens is 468 g/mol. The summed E-state index contributed by atoms with van der Waals surface area (Å²) in [4.78, 5) is 32.6. The molecule has 8 heteroatoms. The van der Waals surface area contributed by atoms with E-state index in [9.17, 15) is 9.59 Å². The Kier molecular flexibility index (Phi) is 9.02. The Bertz CT molecular complexity index is 1160. The molecule has 0 bridgehead atoms. The van der Waals surface area contributed by atoms with Crippen LogP contribution in [0.1, 0.15) is 38.5 Å². The number of hydrogen-bond donors (Lipinski definition) is 1. The minimum Gasteiger partial charge on any atom is -0.355 e. The topological polar surface area (TPSA) is 67.2 Å². The third-order valence-corrected chi connectivity index (χ3v) is 7.33. The number of likely N-dealkylation sites (tertiary alicyclic amines) is 1. The van der Waals surface area contributed by atoms with Crippen LogP contribution in [0.4, 0.5) is 0 Å². The number of rotatable bonds is 10. The van der Waals surface area contributed by atoms with Crippen LogP contribution >= 0.6 is 23.4 Å². The maximum Gasteiger partial charge on any atom is 0.266 e. The Morgan fingerprint density at radius 2 is 1.79 bits per heavy atom. The first kappa shape index (κ1) is 24.8. The minimum atomic E-state index is -0.0940. The molecule has 1 aliphatic heterocycles. The maximum absolute atomic E-state index is 13.2. The van der Waals surface area contributed by atoms with Crippen molar-refractivity contribution in [1.82, 2.24) is 19.8 Å². The lowest BCUT2D eigenvalue weighted by Crippen LogP contribution is -2.37. The van der Waals surface area contributed by atoms with Crippen molar-refractivity contribution in [2.24, 2.45) is 0 Å². The molecule has 2 heterocycles. The Labute approximate surface area is 209 Å². The van der Waals surface area contributed by atoms with E-state index in [-0.39, 0.29) is 11.5 Å². The molecule has 0 radical (unpaired) electrons. The van der Waals surface area contributed by atoms with Crippen molar-refractivity contribution < 1.29 is 4.79 Å². The molecule has 1 fully saturated rings. The van der Waals surface area contributed by atoms with E-state index in [2.05, 4.69) is 10.2 Å². The highest BCUT2D eigenvalue weighted by Gasteiger charge is 2.14. The van der Waals surface area contributed by atoms with Gasteiger partial charge in [0.25, 0.3) is 5.56 Å². The van der Waals surface area contributed by atoms with Gasteiger partial charge in [-0.1, -0.05) is 41.9 Å². The van der Waals surface area contributed by atoms with Crippen molar-refractivity contribution in [2.75, 3.05) is 31.9 Å². The molecule has 1 aliphatic rings. The highest BCUT2D eigenvalue weighted by molar-refractivity contribution is 7.99. The molecule has 6 nitrogen and oxygen atoms in total. The van der Waals surface area contributed by atoms with Gasteiger partial charge in [-0.25, -0.2) is 4.98 Å². The van der Waals surface area contributed by atoms with Crippen LogP contribution in [0.2, 0.25) is 5.02 Å². The van der Waals surface area contributed by atoms with E-state index in [1.165, 1.54) is 19.3 Å². The molecule has 2 aromatic carbocycles. The summed E-state index contributed by atoms with van der Waals surface area (Å²) in [7, 11) is 0. The van der Waals surface area contributed by atoms with Crippen LogP contribution in [0.5, 0.6) is 0 Å². The number of nitrogens with zero attached hydrogens (tertiary/aromatic N) is 3. The van der Waals surface area contributed by atoms with Gasteiger partial charge in [0.2, 0.25) is 5.91 Å². The van der Waals surface area contributed by atoms with E-state index in [1.54, 1.807) is 34.5 Å². The van der Waals surface area contributed by atoms with Gasteiger partial charge in [0.1, 0.15) is 0 Å². The minimum absolute atomic E-state index is 0.0940. The highest BCUT2D eigenvalue weighted by Crippen LogP contribution is 2.23. The first-order valence-electron chi connectivity index (χ1n) is 12.0. The molecule has 180 valence electrons. The number of benzene rings is 2. The van der Waals surface area contributed by atoms with Gasteiger partial charge in [0.05, 0.1) is 16.6 Å². The Balaban J connectivity index is 1.31. The molecule has 3 aromatic rings. The maximum atomic E-state index is 13.2. The van der Waals surface area contributed by atoms with Crippen LogP contribution in [0.3, 0.4) is 0 Å². The lowest BCUT2D eigenvalue weighted by molar-refractivity contribution is -0.121. The van der Waals surface area contributed by atoms with Gasteiger partial charge in [-0.15, -0.1) is 0 Å². The normalized spacial score (nSPS) is 14.4. The average Bonchev–Trinajstić information content (AvgIpc) is 2.85. The van der Waals surface area contributed by atoms with Gasteiger partial charge >= 0.3 is 0 Å². The molecule has 0 unspecified atom stereocenters. The van der Waals surface area contributed by atoms with E-state index < -0.39 is 0 Å². The number of nitrogens with one attached hydrogen (secondary N) is 1. The fourth-order valence-corrected chi connectivity index (χ4v) is 5.34. The van der Waals surface area contributed by atoms with Gasteiger partial charge in [-0.05, 0) is 75.2 Å². The number of piperidine rings is 1. The molecule has 34 heavy (non-hydrogen) atoms. The summed E-state index contributed by atoms with van der Waals surface area (Å²) in [6.07, 6.45) is 6.06. The predicted molar refractivity (Wildman–Crippen MR) is 140 cm³/mol. The number of fused-ring (bicyclic) bond motifs is 1. The highest BCUT2D eigenvalue weighted by atomic mass is 35.5. The van der Waals surface area contributed by atoms with Gasteiger partial charge in [-0.2, -0.15) is 0 Å². The van der Waals surface area contributed by atoms with Gasteiger partial charge in [-0.3, -0.25) is 14.2 Å². The summed E-state index contributed by atoms with van der Waals surface area (Å²) in [5.41, 5.74) is 1.33. The van der Waals surface area contributed by atoms with Crippen LogP contribution in [-0.4, -0.2) is 52.3 Å². The standard InChI is InChI=1S/C26H31ClN4O2S/c27-20-11-13-21(14-12-20)31-25(33)22-8-2-3-9-23(22)29-26(31)34-19-7-4-10-24(32)28-15-18-30-16-5-1-6-17-30/h2-3,8-9,11-14H,1,4-7,10,15-19H2,(H,28,32). The summed E-state index contributed by atoms with van der Waals surface area (Å²) in [5.74, 6) is 0.892. The summed E-state index contributed by atoms with van der Waals surface area (Å²) in [6.45, 7) is 3.97. The SMILES string of the molecule is O=C(CCCCSc1nc2ccccc2c(=O)n1-c1ccc(Cl)cc1)NCCN1CCCCC1. The van der Waals surface area contributed by atoms with E-state index in [0.717, 1.165) is 50.5 Å². The quantitative estimate of drug-likeness (QED) is 0.244. The van der Waals surface area contributed by atoms with E-state index in [4.69, 9.17) is 16.6 Å². The molecule has 0 aliphatic carbocycles. The second-order valence-electron chi connectivity index (χ2n) is 8.59. The van der Waals surface area contributed by atoms with Crippen LogP contribution < -0.4 is 10.9 Å². The van der Waals surface area contributed by atoms with Gasteiger partial charge in [0.15, 0.2) is 5.16 Å². The van der Waals surface area contributed by atoms with Crippen LogP contribution in [0.25, 0.3) is 16.6 Å². The molecule has 0 atom stereocenters. The summed E-state index contributed by atoms with van der Waals surface area (Å²) < 4.78 is 1.65. The average molecular weight is 499 g/mol. The molecule has 4 rings (SSSR count). The molecular formula is C26H31ClN4O2S. The molecule has 1 saturated heterocycles. The van der Waals surface area contributed by atoms with Crippen molar-refractivity contribution in [3.8, 4) is 5.69 Å². The zero-order valence-electron chi connectivity index (χ0n) is 19.3. The number of amides is 1. The number of halogens is 1. The third-order valence-electron chi connectivity index (χ3n) is 6.06. The lowest BCUT2D eigenvalue weighted by atomic mass is 10.1. The zero-order valence-corrected chi connectivity index (χ0v) is 20.9. The molecule has 0 saturated carbocycles. The molecule has 1 N–H and O–H groups in total. The summed E-state index contributed by atoms with van der Waals surface area (Å²) >= 11 is 7.59. The second-order valence-corrected chi connectivity index (χ2v) is 10.1. The van der Waals surface area contributed by atoms with Crippen LogP contribution in [0, 0.1) is 0 Å². The fourth-order valence-electron chi connectivity index (χ4n) is 4.20. The Morgan fingerprint density at radius 3 is 2.59 bits per heavy atom. The van der Waals surface area contributed by atoms with Crippen molar-refractivity contribution in [2.45, 2.75) is 43.7 Å². The zero-order chi connectivity index (χ0) is 23.8. The first-order valence-corrected chi connectivity index (χ1v) is 13.4. The van der Waals surface area contributed by atoms with E-state index in [1.807, 2.05) is 30.3 Å². The van der Waals surface area contributed by atoms with Crippen molar-refractivity contribution in [3.05, 3.63) is 63.9 Å². The Morgan fingerprint density at radius 1 is 1.03 bits per heavy atom. The number of thioether (sulfide) groups is 1. The molecule has 1 amide bonds. The van der Waals surface area contributed by atoms with Crippen molar-refractivity contribution in [1.29, 1.82) is 0 Å².